The highest BCUT2D eigenvalue weighted by Gasteiger charge is 2.24. The maximum absolute atomic E-state index is 12.1. The molecule has 4 heterocycles. The fraction of sp³-hybridized carbons (Fsp3) is 0.333. The highest BCUT2D eigenvalue weighted by Crippen LogP contribution is 2.31. The monoisotopic (exact) mass is 423 g/mol. The van der Waals surface area contributed by atoms with Crippen molar-refractivity contribution in [2.24, 2.45) is 0 Å². The highest BCUT2D eigenvalue weighted by molar-refractivity contribution is 7.18. The Morgan fingerprint density at radius 1 is 1.10 bits per heavy atom. The van der Waals surface area contributed by atoms with Gasteiger partial charge in [0.25, 0.3) is 0 Å². The van der Waals surface area contributed by atoms with Crippen LogP contribution in [0.4, 0.5) is 21.6 Å². The lowest BCUT2D eigenvalue weighted by Crippen LogP contribution is -2.51. The van der Waals surface area contributed by atoms with Crippen molar-refractivity contribution in [1.29, 1.82) is 0 Å². The zero-order chi connectivity index (χ0) is 21.1. The van der Waals surface area contributed by atoms with E-state index in [1.807, 2.05) is 48.4 Å². The van der Waals surface area contributed by atoms with Gasteiger partial charge in [-0.15, -0.1) is 0 Å². The van der Waals surface area contributed by atoms with Crippen LogP contribution in [0.15, 0.2) is 42.7 Å². The SMILES string of the molecule is Cc1ccnc(Nc2cccc(-c3cnc(N4CCN(C(=O)N(C)C)CC4)s3)n2)c1. The molecule has 1 N–H and O–H groups in total. The van der Waals surface area contributed by atoms with Crippen LogP contribution in [0, 0.1) is 6.92 Å². The van der Waals surface area contributed by atoms with Gasteiger partial charge in [0.2, 0.25) is 0 Å². The minimum atomic E-state index is 0.0612. The number of aromatic nitrogens is 3. The third-order valence-corrected chi connectivity index (χ3v) is 5.95. The van der Waals surface area contributed by atoms with E-state index in [0.717, 1.165) is 46.0 Å². The molecule has 1 saturated heterocycles. The van der Waals surface area contributed by atoms with E-state index < -0.39 is 0 Å². The van der Waals surface area contributed by atoms with E-state index >= 15 is 0 Å². The number of urea groups is 1. The smallest absolute Gasteiger partial charge is 0.319 e. The van der Waals surface area contributed by atoms with Crippen molar-refractivity contribution in [3.63, 3.8) is 0 Å². The summed E-state index contributed by atoms with van der Waals surface area (Å²) in [5.74, 6) is 1.52. The summed E-state index contributed by atoms with van der Waals surface area (Å²) in [5, 5.41) is 4.22. The molecule has 0 radical (unpaired) electrons. The van der Waals surface area contributed by atoms with Gasteiger partial charge < -0.3 is 20.0 Å². The van der Waals surface area contributed by atoms with Crippen molar-refractivity contribution < 1.29 is 4.79 Å². The second-order valence-electron chi connectivity index (χ2n) is 7.41. The Bertz CT molecular complexity index is 1030. The van der Waals surface area contributed by atoms with Crippen LogP contribution in [0.5, 0.6) is 0 Å². The minimum absolute atomic E-state index is 0.0612. The number of nitrogens with zero attached hydrogens (tertiary/aromatic N) is 6. The first-order valence-electron chi connectivity index (χ1n) is 9.84. The van der Waals surface area contributed by atoms with Gasteiger partial charge in [0.1, 0.15) is 11.6 Å². The lowest BCUT2D eigenvalue weighted by Gasteiger charge is -2.35. The van der Waals surface area contributed by atoms with Crippen LogP contribution >= 0.6 is 11.3 Å². The average molecular weight is 424 g/mol. The quantitative estimate of drug-likeness (QED) is 0.693. The average Bonchev–Trinajstić information content (AvgIpc) is 3.24. The molecule has 0 aromatic carbocycles. The van der Waals surface area contributed by atoms with Crippen molar-refractivity contribution in [1.82, 2.24) is 24.8 Å². The second-order valence-corrected chi connectivity index (χ2v) is 8.42. The van der Waals surface area contributed by atoms with Gasteiger partial charge in [0.05, 0.1) is 10.6 Å². The van der Waals surface area contributed by atoms with E-state index in [1.165, 1.54) is 0 Å². The number of pyridine rings is 2. The Morgan fingerprint density at radius 3 is 2.63 bits per heavy atom. The Labute approximate surface area is 180 Å². The summed E-state index contributed by atoms with van der Waals surface area (Å²) in [6, 6.07) is 9.90. The maximum Gasteiger partial charge on any atom is 0.319 e. The number of rotatable bonds is 4. The number of piperazine rings is 1. The van der Waals surface area contributed by atoms with Gasteiger partial charge in [-0.2, -0.15) is 0 Å². The molecule has 1 aliphatic heterocycles. The normalized spacial score (nSPS) is 14.0. The number of aryl methyl sites for hydroxylation is 1. The van der Waals surface area contributed by atoms with Crippen molar-refractivity contribution in [3.05, 3.63) is 48.3 Å². The zero-order valence-corrected chi connectivity index (χ0v) is 18.2. The first kappa shape index (κ1) is 20.1. The highest BCUT2D eigenvalue weighted by atomic mass is 32.1. The lowest BCUT2D eigenvalue weighted by molar-refractivity contribution is 0.168. The van der Waals surface area contributed by atoms with Gasteiger partial charge in [-0.05, 0) is 36.8 Å². The van der Waals surface area contributed by atoms with E-state index in [0.29, 0.717) is 13.1 Å². The van der Waals surface area contributed by atoms with Crippen LogP contribution in [0.3, 0.4) is 0 Å². The van der Waals surface area contributed by atoms with E-state index in [9.17, 15) is 4.79 Å². The fourth-order valence-corrected chi connectivity index (χ4v) is 4.22. The standard InChI is InChI=1S/C21H25N7OS/c1-15-7-8-22-19(13-15)25-18-6-4-5-16(24-18)17-14-23-20(30-17)27-9-11-28(12-10-27)21(29)26(2)3/h4-8,13-14H,9-12H2,1-3H3,(H,22,24,25). The van der Waals surface area contributed by atoms with Crippen LogP contribution in [0.2, 0.25) is 0 Å². The number of hydrogen-bond donors (Lipinski definition) is 1. The Balaban J connectivity index is 1.44. The molecular formula is C21H25N7OS. The molecule has 8 nitrogen and oxygen atoms in total. The molecule has 0 unspecified atom stereocenters. The molecule has 0 aliphatic carbocycles. The number of nitrogens with one attached hydrogen (secondary N) is 1. The maximum atomic E-state index is 12.1. The molecule has 156 valence electrons. The van der Waals surface area contributed by atoms with E-state index in [2.05, 4.69) is 20.2 Å². The topological polar surface area (TPSA) is 77.5 Å². The number of thiazole rings is 1. The largest absolute Gasteiger partial charge is 0.345 e. The third-order valence-electron chi connectivity index (χ3n) is 4.87. The second kappa shape index (κ2) is 8.66. The molecule has 0 spiro atoms. The van der Waals surface area contributed by atoms with Crippen LogP contribution in [-0.4, -0.2) is 71.1 Å². The Morgan fingerprint density at radius 2 is 1.90 bits per heavy atom. The Kier molecular flexibility index (Phi) is 5.80. The molecule has 4 rings (SSSR count). The van der Waals surface area contributed by atoms with Crippen LogP contribution in [0.25, 0.3) is 10.6 Å². The molecule has 2 amide bonds. The molecule has 3 aromatic heterocycles. The predicted molar refractivity (Wildman–Crippen MR) is 120 cm³/mol. The molecular weight excluding hydrogens is 398 g/mol. The third kappa shape index (κ3) is 4.51. The van der Waals surface area contributed by atoms with Crippen LogP contribution < -0.4 is 10.2 Å². The summed E-state index contributed by atoms with van der Waals surface area (Å²) >= 11 is 1.62. The molecule has 0 atom stereocenters. The summed E-state index contributed by atoms with van der Waals surface area (Å²) in [6.45, 7) is 4.99. The van der Waals surface area contributed by atoms with Crippen LogP contribution in [-0.2, 0) is 0 Å². The summed E-state index contributed by atoms with van der Waals surface area (Å²) in [5.41, 5.74) is 2.01. The first-order valence-corrected chi connectivity index (χ1v) is 10.7. The van der Waals surface area contributed by atoms with Crippen molar-refractivity contribution in [3.8, 4) is 10.6 Å². The number of carbonyl (C=O) groups is 1. The molecule has 0 saturated carbocycles. The fourth-order valence-electron chi connectivity index (χ4n) is 3.28. The molecule has 1 fully saturated rings. The van der Waals surface area contributed by atoms with E-state index in [1.54, 1.807) is 36.5 Å². The first-order chi connectivity index (χ1) is 14.5. The lowest BCUT2D eigenvalue weighted by atomic mass is 10.3. The summed E-state index contributed by atoms with van der Waals surface area (Å²) in [4.78, 5) is 32.5. The number of hydrogen-bond acceptors (Lipinski definition) is 7. The Hall–Kier alpha value is -3.20. The van der Waals surface area contributed by atoms with Gasteiger partial charge in [0.15, 0.2) is 5.13 Å². The molecule has 3 aromatic rings. The number of anilines is 3. The summed E-state index contributed by atoms with van der Waals surface area (Å²) in [7, 11) is 3.57. The van der Waals surface area contributed by atoms with E-state index in [-0.39, 0.29) is 6.03 Å². The molecule has 1 aliphatic rings. The summed E-state index contributed by atoms with van der Waals surface area (Å²) < 4.78 is 0. The summed E-state index contributed by atoms with van der Waals surface area (Å²) in [6.07, 6.45) is 3.65. The molecule has 9 heteroatoms. The van der Waals surface area contributed by atoms with E-state index in [4.69, 9.17) is 4.98 Å². The predicted octanol–water partition coefficient (Wildman–Crippen LogP) is 3.46. The zero-order valence-electron chi connectivity index (χ0n) is 17.4. The van der Waals surface area contributed by atoms with Crippen molar-refractivity contribution in [2.75, 3.05) is 50.5 Å². The van der Waals surface area contributed by atoms with Gasteiger partial charge in [-0.1, -0.05) is 17.4 Å². The minimum Gasteiger partial charge on any atom is -0.345 e. The van der Waals surface area contributed by atoms with Gasteiger partial charge in [0, 0.05) is 52.7 Å². The van der Waals surface area contributed by atoms with Crippen molar-refractivity contribution in [2.45, 2.75) is 6.92 Å². The molecule has 0 bridgehead atoms. The van der Waals surface area contributed by atoms with Gasteiger partial charge in [-0.3, -0.25) is 0 Å². The van der Waals surface area contributed by atoms with Crippen molar-refractivity contribution >= 4 is 34.1 Å². The number of amides is 2. The van der Waals surface area contributed by atoms with Gasteiger partial charge in [-0.25, -0.2) is 19.7 Å². The van der Waals surface area contributed by atoms with Crippen LogP contribution in [0.1, 0.15) is 5.56 Å². The number of carbonyl (C=O) groups excluding carboxylic acids is 1. The van der Waals surface area contributed by atoms with Gasteiger partial charge >= 0.3 is 6.03 Å². The molecule has 30 heavy (non-hydrogen) atoms.